The summed E-state index contributed by atoms with van der Waals surface area (Å²) in [7, 11) is 0. The van der Waals surface area contributed by atoms with Crippen LogP contribution in [0.15, 0.2) is 41.0 Å². The summed E-state index contributed by atoms with van der Waals surface area (Å²) >= 11 is 0. The van der Waals surface area contributed by atoms with Gasteiger partial charge < -0.3 is 19.2 Å². The van der Waals surface area contributed by atoms with Crippen molar-refractivity contribution in [2.75, 3.05) is 6.61 Å². The SMILES string of the molecule is Cc1cccc(OCC(=O)O[C@H](C)C(=O)NCc2ccco2)c1C. The molecule has 0 bridgehead atoms. The van der Waals surface area contributed by atoms with Gasteiger partial charge in [0.1, 0.15) is 11.5 Å². The van der Waals surface area contributed by atoms with E-state index in [0.29, 0.717) is 11.5 Å². The molecule has 6 heteroatoms. The lowest BCUT2D eigenvalue weighted by molar-refractivity contribution is -0.156. The quantitative estimate of drug-likeness (QED) is 0.789. The second-order valence-corrected chi connectivity index (χ2v) is 5.42. The van der Waals surface area contributed by atoms with Crippen molar-refractivity contribution in [3.63, 3.8) is 0 Å². The van der Waals surface area contributed by atoms with Gasteiger partial charge in [0.15, 0.2) is 12.7 Å². The Morgan fingerprint density at radius 2 is 2.00 bits per heavy atom. The maximum Gasteiger partial charge on any atom is 0.344 e. The van der Waals surface area contributed by atoms with Crippen LogP contribution in [0.3, 0.4) is 0 Å². The molecule has 0 saturated heterocycles. The van der Waals surface area contributed by atoms with Gasteiger partial charge in [-0.2, -0.15) is 0 Å². The van der Waals surface area contributed by atoms with E-state index < -0.39 is 18.0 Å². The third-order valence-electron chi connectivity index (χ3n) is 3.59. The highest BCUT2D eigenvalue weighted by molar-refractivity contribution is 5.83. The molecule has 0 aliphatic carbocycles. The van der Waals surface area contributed by atoms with E-state index >= 15 is 0 Å². The van der Waals surface area contributed by atoms with E-state index in [1.807, 2.05) is 26.0 Å². The minimum Gasteiger partial charge on any atom is -0.482 e. The third kappa shape index (κ3) is 4.87. The molecule has 1 N–H and O–H groups in total. The van der Waals surface area contributed by atoms with E-state index in [1.165, 1.54) is 13.2 Å². The topological polar surface area (TPSA) is 77.8 Å². The second kappa shape index (κ2) is 8.19. The Hall–Kier alpha value is -2.76. The molecule has 1 amide bonds. The van der Waals surface area contributed by atoms with Crippen molar-refractivity contribution in [1.29, 1.82) is 0 Å². The summed E-state index contributed by atoms with van der Waals surface area (Å²) in [6.45, 7) is 5.38. The standard InChI is InChI=1S/C18H21NO5/c1-12-6-4-8-16(13(12)2)23-11-17(20)24-14(3)18(21)19-10-15-7-5-9-22-15/h4-9,14H,10-11H2,1-3H3,(H,19,21)/t14-/m1/s1. The Kier molecular flexibility index (Phi) is 6.01. The molecular weight excluding hydrogens is 310 g/mol. The maximum atomic E-state index is 11.9. The fourth-order valence-corrected chi connectivity index (χ4v) is 2.03. The zero-order chi connectivity index (χ0) is 17.5. The summed E-state index contributed by atoms with van der Waals surface area (Å²) in [6.07, 6.45) is 0.616. The number of ether oxygens (including phenoxy) is 2. The van der Waals surface area contributed by atoms with Crippen LogP contribution >= 0.6 is 0 Å². The van der Waals surface area contributed by atoms with Gasteiger partial charge in [0, 0.05) is 0 Å². The van der Waals surface area contributed by atoms with Crippen molar-refractivity contribution in [3.8, 4) is 5.75 Å². The lowest BCUT2D eigenvalue weighted by atomic mass is 10.1. The molecule has 0 saturated carbocycles. The molecule has 0 radical (unpaired) electrons. The number of furan rings is 1. The predicted molar refractivity (Wildman–Crippen MR) is 87.5 cm³/mol. The first-order valence-electron chi connectivity index (χ1n) is 7.66. The highest BCUT2D eigenvalue weighted by Crippen LogP contribution is 2.20. The first-order chi connectivity index (χ1) is 11.5. The van der Waals surface area contributed by atoms with Gasteiger partial charge in [-0.15, -0.1) is 0 Å². The number of esters is 1. The summed E-state index contributed by atoms with van der Waals surface area (Å²) in [6, 6.07) is 9.08. The minimum atomic E-state index is -0.908. The largest absolute Gasteiger partial charge is 0.482 e. The Labute approximate surface area is 140 Å². The van der Waals surface area contributed by atoms with E-state index in [2.05, 4.69) is 5.32 Å². The van der Waals surface area contributed by atoms with Gasteiger partial charge in [-0.05, 0) is 50.1 Å². The van der Waals surface area contributed by atoms with Gasteiger partial charge >= 0.3 is 5.97 Å². The van der Waals surface area contributed by atoms with Crippen LogP contribution < -0.4 is 10.1 Å². The molecule has 1 aromatic heterocycles. The average Bonchev–Trinajstić information content (AvgIpc) is 3.07. The molecule has 0 aliphatic heterocycles. The average molecular weight is 331 g/mol. The molecule has 1 atom stereocenters. The van der Waals surface area contributed by atoms with Gasteiger partial charge in [0.25, 0.3) is 5.91 Å². The summed E-state index contributed by atoms with van der Waals surface area (Å²) in [4.78, 5) is 23.7. The lowest BCUT2D eigenvalue weighted by Gasteiger charge is -2.14. The fourth-order valence-electron chi connectivity index (χ4n) is 2.03. The van der Waals surface area contributed by atoms with Crippen LogP contribution in [0.2, 0.25) is 0 Å². The summed E-state index contributed by atoms with van der Waals surface area (Å²) in [5, 5.41) is 2.63. The van der Waals surface area contributed by atoms with Crippen molar-refractivity contribution in [2.24, 2.45) is 0 Å². The molecular formula is C18H21NO5. The van der Waals surface area contributed by atoms with Gasteiger partial charge in [0.2, 0.25) is 0 Å². The van der Waals surface area contributed by atoms with Gasteiger partial charge in [0.05, 0.1) is 12.8 Å². The predicted octanol–water partition coefficient (Wildman–Crippen LogP) is 2.52. The monoisotopic (exact) mass is 331 g/mol. The van der Waals surface area contributed by atoms with Crippen LogP contribution in [0.5, 0.6) is 5.75 Å². The molecule has 0 spiro atoms. The number of carbonyl (C=O) groups is 2. The Balaban J connectivity index is 1.76. The molecule has 0 fully saturated rings. The smallest absolute Gasteiger partial charge is 0.344 e. The number of nitrogens with one attached hydrogen (secondary N) is 1. The van der Waals surface area contributed by atoms with Crippen LogP contribution in [-0.4, -0.2) is 24.6 Å². The van der Waals surface area contributed by atoms with Crippen LogP contribution in [0, 0.1) is 13.8 Å². The first-order valence-corrected chi connectivity index (χ1v) is 7.66. The van der Waals surface area contributed by atoms with Gasteiger partial charge in [-0.1, -0.05) is 12.1 Å². The highest BCUT2D eigenvalue weighted by Gasteiger charge is 2.18. The molecule has 1 heterocycles. The number of hydrogen-bond donors (Lipinski definition) is 1. The number of rotatable bonds is 7. The van der Waals surface area contributed by atoms with E-state index in [-0.39, 0.29) is 13.2 Å². The van der Waals surface area contributed by atoms with Crippen LogP contribution in [0.1, 0.15) is 23.8 Å². The number of amides is 1. The second-order valence-electron chi connectivity index (χ2n) is 5.42. The zero-order valence-electron chi connectivity index (χ0n) is 14.0. The summed E-state index contributed by atoms with van der Waals surface area (Å²) in [5.74, 6) is 0.255. The van der Waals surface area contributed by atoms with E-state index in [1.54, 1.807) is 18.2 Å². The lowest BCUT2D eigenvalue weighted by Crippen LogP contribution is -2.36. The van der Waals surface area contributed by atoms with Gasteiger partial charge in [-0.25, -0.2) is 4.79 Å². The van der Waals surface area contributed by atoms with Crippen LogP contribution in [-0.2, 0) is 20.9 Å². The Morgan fingerprint density at radius 1 is 1.21 bits per heavy atom. The molecule has 24 heavy (non-hydrogen) atoms. The zero-order valence-corrected chi connectivity index (χ0v) is 14.0. The molecule has 0 unspecified atom stereocenters. The van der Waals surface area contributed by atoms with Gasteiger partial charge in [-0.3, -0.25) is 4.79 Å². The molecule has 0 aliphatic rings. The molecule has 1 aromatic carbocycles. The third-order valence-corrected chi connectivity index (χ3v) is 3.59. The molecule has 2 rings (SSSR count). The van der Waals surface area contributed by atoms with Crippen LogP contribution in [0.4, 0.5) is 0 Å². The van der Waals surface area contributed by atoms with E-state index in [0.717, 1.165) is 11.1 Å². The highest BCUT2D eigenvalue weighted by atomic mass is 16.6. The molecule has 128 valence electrons. The number of aryl methyl sites for hydroxylation is 1. The van der Waals surface area contributed by atoms with E-state index in [4.69, 9.17) is 13.9 Å². The van der Waals surface area contributed by atoms with Crippen molar-refractivity contribution in [2.45, 2.75) is 33.4 Å². The normalized spacial score (nSPS) is 11.6. The Bertz CT molecular complexity index is 693. The summed E-state index contributed by atoms with van der Waals surface area (Å²) < 4.78 is 15.6. The van der Waals surface area contributed by atoms with Crippen molar-refractivity contribution in [1.82, 2.24) is 5.32 Å². The molecule has 2 aromatic rings. The van der Waals surface area contributed by atoms with Crippen molar-refractivity contribution >= 4 is 11.9 Å². The number of hydrogen-bond acceptors (Lipinski definition) is 5. The number of benzene rings is 1. The summed E-state index contributed by atoms with van der Waals surface area (Å²) in [5.41, 5.74) is 2.04. The van der Waals surface area contributed by atoms with Crippen LogP contribution in [0.25, 0.3) is 0 Å². The fraction of sp³-hybridized carbons (Fsp3) is 0.333. The number of carbonyl (C=O) groups excluding carboxylic acids is 2. The minimum absolute atomic E-state index is 0.243. The Morgan fingerprint density at radius 3 is 2.71 bits per heavy atom. The molecule has 6 nitrogen and oxygen atoms in total. The maximum absolute atomic E-state index is 11.9. The van der Waals surface area contributed by atoms with E-state index in [9.17, 15) is 9.59 Å². The van der Waals surface area contributed by atoms with Crippen molar-refractivity contribution in [3.05, 3.63) is 53.5 Å². The van der Waals surface area contributed by atoms with Crippen molar-refractivity contribution < 1.29 is 23.5 Å². The first kappa shape index (κ1) is 17.6.